The molecule has 3 heterocycles. The van der Waals surface area contributed by atoms with Crippen molar-refractivity contribution in [1.29, 1.82) is 0 Å². The summed E-state index contributed by atoms with van der Waals surface area (Å²) >= 11 is 0. The number of quaternary nitrogens is 1. The lowest BCUT2D eigenvalue weighted by molar-refractivity contribution is -0.870. The Balaban J connectivity index is 1.33. The lowest BCUT2D eigenvalue weighted by Gasteiger charge is -2.40. The quantitative estimate of drug-likeness (QED) is 0.0331. The molecule has 1 aliphatic carbocycles. The summed E-state index contributed by atoms with van der Waals surface area (Å²) in [6.07, 6.45) is 5.67. The Hall–Kier alpha value is -5.38. The number of hydrogen-bond acceptors (Lipinski definition) is 12. The van der Waals surface area contributed by atoms with Crippen LogP contribution in [0.3, 0.4) is 0 Å². The molecule has 66 heavy (non-hydrogen) atoms. The third kappa shape index (κ3) is 10.7. The van der Waals surface area contributed by atoms with Crippen molar-refractivity contribution < 1.29 is 64.4 Å². The Morgan fingerprint density at radius 2 is 1.58 bits per heavy atom. The van der Waals surface area contributed by atoms with E-state index in [4.69, 9.17) is 4.84 Å². The highest BCUT2D eigenvalue weighted by molar-refractivity contribution is 7.86. The van der Waals surface area contributed by atoms with Gasteiger partial charge >= 0.3 is 5.97 Å². The van der Waals surface area contributed by atoms with Crippen molar-refractivity contribution in [3.05, 3.63) is 89.1 Å². The van der Waals surface area contributed by atoms with Gasteiger partial charge in [-0.05, 0) is 50.5 Å². The molecule has 2 aromatic carbocycles. The number of benzene rings is 2. The molecule has 358 valence electrons. The van der Waals surface area contributed by atoms with Crippen LogP contribution >= 0.6 is 0 Å². The van der Waals surface area contributed by atoms with Gasteiger partial charge < -0.3 is 29.8 Å². The first kappa shape index (κ1) is 50.0. The number of aromatic nitrogens is 1. The van der Waals surface area contributed by atoms with Crippen LogP contribution in [-0.2, 0) is 45.4 Å². The van der Waals surface area contributed by atoms with E-state index in [9.17, 15) is 50.5 Å². The van der Waals surface area contributed by atoms with Gasteiger partial charge in [0.05, 0.1) is 55.7 Å². The fraction of sp³-hybridized carbons (Fsp3) is 0.478. The minimum Gasteiger partial charge on any atom is -0.492 e. The van der Waals surface area contributed by atoms with Crippen molar-refractivity contribution in [3.63, 3.8) is 0 Å². The van der Waals surface area contributed by atoms with Crippen LogP contribution in [0.4, 0.5) is 11.4 Å². The average Bonchev–Trinajstić information content (AvgIpc) is 3.72. The number of amides is 1. The van der Waals surface area contributed by atoms with Gasteiger partial charge in [0, 0.05) is 85.1 Å². The van der Waals surface area contributed by atoms with Crippen LogP contribution in [0.2, 0.25) is 0 Å². The molecular formula is C46H62N6O12S2+2. The van der Waals surface area contributed by atoms with Crippen molar-refractivity contribution in [2.45, 2.75) is 87.6 Å². The maximum atomic E-state index is 14.7. The standard InChI is InChI=1S/C46H60N6O12S2/c1-45(2)32-15-9-10-16-36(32)50(23-13-14-24-52(6,7)8)38(45)27-31-42(30(43(31)56)26-37-46(3,4)33-25-29(66(61,62)63)18-19-35(33)49(37)5)48-34(28-65(58,59)60)44(57)47-22-12-11-17-41(55)64-51-39(53)20-21-40(51)54/h9-10,15-16,18-21,25-27,30,34,42,48H,11-14,17,22-24,28H2,1-8H3,(H3-,47,56,57,58,59,60,61,62,63)/p+2. The maximum Gasteiger partial charge on any atom is 0.333 e. The van der Waals surface area contributed by atoms with Crippen LogP contribution < -0.4 is 20.4 Å². The van der Waals surface area contributed by atoms with Crippen LogP contribution in [0.5, 0.6) is 11.8 Å². The Morgan fingerprint density at radius 3 is 2.21 bits per heavy atom. The van der Waals surface area contributed by atoms with E-state index in [1.807, 2.05) is 43.0 Å². The van der Waals surface area contributed by atoms with E-state index in [0.717, 1.165) is 53.0 Å². The van der Waals surface area contributed by atoms with Gasteiger partial charge in [-0.1, -0.05) is 38.1 Å². The Morgan fingerprint density at radius 1 is 0.909 bits per heavy atom. The molecule has 3 aliphatic rings. The number of unbranched alkanes of at least 4 members (excludes halogenated alkanes) is 2. The minimum absolute atomic E-state index is 0.00815. The molecule has 0 spiro atoms. The minimum atomic E-state index is -4.78. The monoisotopic (exact) mass is 954 g/mol. The second-order valence-corrected chi connectivity index (χ2v) is 22.2. The zero-order chi connectivity index (χ0) is 48.7. The molecule has 20 heteroatoms. The zero-order valence-electron chi connectivity index (χ0n) is 38.6. The van der Waals surface area contributed by atoms with Gasteiger partial charge in [-0.3, -0.25) is 24.0 Å². The molecule has 6 N–H and O–H groups in total. The highest BCUT2D eigenvalue weighted by atomic mass is 32.2. The zero-order valence-corrected chi connectivity index (χ0v) is 40.2. The van der Waals surface area contributed by atoms with Gasteiger partial charge in [0.25, 0.3) is 20.2 Å². The van der Waals surface area contributed by atoms with Gasteiger partial charge in [-0.25, -0.2) is 4.79 Å². The Kier molecular flexibility index (Phi) is 14.2. The lowest BCUT2D eigenvalue weighted by atomic mass is 9.69. The molecule has 0 saturated heterocycles. The molecule has 1 fully saturated rings. The highest BCUT2D eigenvalue weighted by Gasteiger charge is 2.51. The number of rotatable bonds is 19. The fourth-order valence-corrected chi connectivity index (χ4v) is 10.3. The molecule has 3 atom stereocenters. The third-order valence-corrected chi connectivity index (χ3v) is 14.2. The number of Topliss-reactive ketones (excluding diaryl/α,β-unsaturated/α-hetero) is 1. The largest absolute Gasteiger partial charge is 0.492 e. The molecule has 3 aromatic rings. The summed E-state index contributed by atoms with van der Waals surface area (Å²) in [7, 11) is -1.13. The molecule has 6 rings (SSSR count). The van der Waals surface area contributed by atoms with Crippen LogP contribution in [0, 0.1) is 5.92 Å². The molecule has 18 nitrogen and oxygen atoms in total. The molecule has 3 unspecified atom stereocenters. The second kappa shape index (κ2) is 18.7. The number of carbonyl (C=O) groups is 3. The molecule has 1 aromatic heterocycles. The topological polar surface area (TPSA) is 245 Å². The summed E-state index contributed by atoms with van der Waals surface area (Å²) in [5.41, 5.74) is 3.58. The molecule has 0 bridgehead atoms. The van der Waals surface area contributed by atoms with E-state index >= 15 is 0 Å². The van der Waals surface area contributed by atoms with E-state index < -0.39 is 78.5 Å². The van der Waals surface area contributed by atoms with E-state index in [2.05, 4.69) is 56.3 Å². The van der Waals surface area contributed by atoms with E-state index in [0.29, 0.717) is 33.8 Å². The smallest absolute Gasteiger partial charge is 0.333 e. The number of aromatic hydroxyl groups is 2. The molecular weight excluding hydrogens is 893 g/mol. The Bertz CT molecular complexity index is 2710. The maximum absolute atomic E-state index is 14.7. The number of likely N-dealkylation sites (N-methyl/N-ethyl adjacent to an activating group) is 1. The van der Waals surface area contributed by atoms with E-state index in [1.165, 1.54) is 12.1 Å². The first-order valence-corrected chi connectivity index (χ1v) is 24.9. The number of ketones is 1. The van der Waals surface area contributed by atoms with E-state index in [-0.39, 0.29) is 36.5 Å². The normalized spacial score (nSPS) is 20.6. The average molecular weight is 955 g/mol. The summed E-state index contributed by atoms with van der Waals surface area (Å²) < 4.78 is 72.9. The molecule has 0 radical (unpaired) electrons. The van der Waals surface area contributed by atoms with Crippen molar-refractivity contribution in [2.75, 3.05) is 58.5 Å². The summed E-state index contributed by atoms with van der Waals surface area (Å²) in [6, 6.07) is 12.1. The van der Waals surface area contributed by atoms with Gasteiger partial charge in [-0.15, -0.1) is 4.73 Å². The number of hydrogen-bond donors (Lipinski definition) is 6. The number of anilines is 1. The van der Waals surface area contributed by atoms with Crippen molar-refractivity contribution in [3.8, 4) is 11.8 Å². The van der Waals surface area contributed by atoms with Crippen LogP contribution in [0.25, 0.3) is 0 Å². The van der Waals surface area contributed by atoms with Crippen molar-refractivity contribution in [1.82, 2.24) is 15.4 Å². The number of nitrogens with one attached hydrogen (secondary N) is 2. The third-order valence-electron chi connectivity index (χ3n) is 12.6. The van der Waals surface area contributed by atoms with Gasteiger partial charge in [0.2, 0.25) is 23.4 Å². The predicted molar refractivity (Wildman–Crippen MR) is 247 cm³/mol. The number of allylic oxidation sites excluding steroid dienone is 2. The first-order valence-electron chi connectivity index (χ1n) is 21.8. The molecule has 1 saturated carbocycles. The summed E-state index contributed by atoms with van der Waals surface area (Å²) in [6.45, 7) is 9.46. The van der Waals surface area contributed by atoms with E-state index in [1.54, 1.807) is 19.2 Å². The summed E-state index contributed by atoms with van der Waals surface area (Å²) in [5, 5.41) is 25.3. The van der Waals surface area contributed by atoms with Crippen molar-refractivity contribution >= 4 is 55.0 Å². The van der Waals surface area contributed by atoms with Crippen molar-refractivity contribution in [2.24, 2.45) is 5.92 Å². The first-order chi connectivity index (χ1) is 30.6. The number of fused-ring (bicyclic) bond motifs is 2. The highest BCUT2D eigenvalue weighted by Crippen LogP contribution is 2.49. The summed E-state index contributed by atoms with van der Waals surface area (Å²) in [4.78, 5) is 47.4. The second-order valence-electron chi connectivity index (χ2n) is 19.3. The van der Waals surface area contributed by atoms with Crippen LogP contribution in [-0.4, -0.2) is 139 Å². The van der Waals surface area contributed by atoms with Crippen LogP contribution in [0.1, 0.15) is 70.9 Å². The van der Waals surface area contributed by atoms with Crippen LogP contribution in [0.15, 0.2) is 82.9 Å². The number of para-hydroxylation sites is 1. The molecule has 2 aliphatic heterocycles. The molecule has 1 amide bonds. The van der Waals surface area contributed by atoms with Gasteiger partial charge in [-0.2, -0.15) is 21.4 Å². The fourth-order valence-electron chi connectivity index (χ4n) is 9.11. The van der Waals surface area contributed by atoms with Gasteiger partial charge in [0.15, 0.2) is 11.5 Å². The number of carbonyl (C=O) groups excluding carboxylic acids is 3. The van der Waals surface area contributed by atoms with Gasteiger partial charge in [0.1, 0.15) is 12.6 Å². The summed E-state index contributed by atoms with van der Waals surface area (Å²) in [5.74, 6) is -4.79. The lowest BCUT2D eigenvalue weighted by Crippen LogP contribution is -2.61. The predicted octanol–water partition coefficient (Wildman–Crippen LogP) is 3.60. The Labute approximate surface area is 386 Å². The number of nitrogens with zero attached hydrogens (tertiary/aromatic N) is 4. The SMILES string of the molecule is CN1C(=CC2C(=O)C(=CC3=[N+](CCCC[N+](C)(C)C)c4ccccc4C3(C)C)C2NC(CS(=O)(=O)O)C(=O)NCCCCC(=O)On2c(O)ccc2O)C(C)(C)c2cc(S(=O)(=O)O)ccc21.